The topological polar surface area (TPSA) is 55.1 Å². The third-order valence-electron chi connectivity index (χ3n) is 3.76. The molecule has 1 amide bonds. The van der Waals surface area contributed by atoms with Crippen LogP contribution in [0.5, 0.6) is 0 Å². The molecule has 1 fully saturated rings. The van der Waals surface area contributed by atoms with Crippen LogP contribution >= 0.6 is 11.3 Å². The summed E-state index contributed by atoms with van der Waals surface area (Å²) in [7, 11) is 0. The summed E-state index contributed by atoms with van der Waals surface area (Å²) in [5.41, 5.74) is 6.42. The van der Waals surface area contributed by atoms with Gasteiger partial charge in [0.1, 0.15) is 0 Å². The third kappa shape index (κ3) is 4.09. The van der Waals surface area contributed by atoms with Gasteiger partial charge in [-0.2, -0.15) is 0 Å². The number of nitrogens with two attached hydrogens (primary N) is 1. The maximum atomic E-state index is 12.1. The molecule has 1 aromatic rings. The Kier molecular flexibility index (Phi) is 5.63. The van der Waals surface area contributed by atoms with E-state index in [-0.39, 0.29) is 5.91 Å². The van der Waals surface area contributed by atoms with Gasteiger partial charge in [0.15, 0.2) is 0 Å². The van der Waals surface area contributed by atoms with Gasteiger partial charge in [0.2, 0.25) is 0 Å². The Morgan fingerprint density at radius 1 is 1.50 bits per heavy atom. The zero-order chi connectivity index (χ0) is 14.4. The Morgan fingerprint density at radius 2 is 2.25 bits per heavy atom. The van der Waals surface area contributed by atoms with Crippen LogP contribution in [0.4, 0.5) is 0 Å². The minimum absolute atomic E-state index is 0.0249. The number of rotatable bonds is 4. The lowest BCUT2D eigenvalue weighted by Gasteiger charge is -2.08. The molecule has 4 heteroatoms. The van der Waals surface area contributed by atoms with Gasteiger partial charge in [-0.25, -0.2) is 0 Å². The average molecular weight is 290 g/mol. The van der Waals surface area contributed by atoms with E-state index in [0.29, 0.717) is 6.54 Å². The van der Waals surface area contributed by atoms with Gasteiger partial charge >= 0.3 is 0 Å². The van der Waals surface area contributed by atoms with Gasteiger partial charge in [-0.1, -0.05) is 37.5 Å². The Labute approximate surface area is 124 Å². The first kappa shape index (κ1) is 15.1. The molecule has 20 heavy (non-hydrogen) atoms. The van der Waals surface area contributed by atoms with Crippen LogP contribution in [0.2, 0.25) is 0 Å². The van der Waals surface area contributed by atoms with E-state index in [0.717, 1.165) is 34.2 Å². The van der Waals surface area contributed by atoms with Crippen LogP contribution in [-0.4, -0.2) is 19.0 Å². The minimum atomic E-state index is 0.0249. The lowest BCUT2D eigenvalue weighted by molar-refractivity contribution is 0.0955. The van der Waals surface area contributed by atoms with E-state index in [1.54, 1.807) is 0 Å². The smallest absolute Gasteiger partial charge is 0.261 e. The third-order valence-corrected chi connectivity index (χ3v) is 4.91. The molecule has 3 nitrogen and oxygen atoms in total. The van der Waals surface area contributed by atoms with E-state index in [2.05, 4.69) is 17.2 Å². The van der Waals surface area contributed by atoms with E-state index in [4.69, 9.17) is 5.73 Å². The molecule has 1 aliphatic carbocycles. The number of thiophene rings is 1. The molecule has 1 saturated carbocycles. The lowest BCUT2D eigenvalue weighted by atomic mass is 10.0. The number of carbonyl (C=O) groups is 1. The maximum absolute atomic E-state index is 12.1. The normalized spacial score (nSPS) is 14.9. The number of amides is 1. The summed E-state index contributed by atoms with van der Waals surface area (Å²) in [6, 6.07) is 1.91. The molecular weight excluding hydrogens is 268 g/mol. The molecule has 1 heterocycles. The Bertz CT molecular complexity index is 518. The van der Waals surface area contributed by atoms with Crippen molar-refractivity contribution < 1.29 is 4.79 Å². The summed E-state index contributed by atoms with van der Waals surface area (Å²) in [6.45, 7) is 3.11. The molecule has 0 bridgehead atoms. The summed E-state index contributed by atoms with van der Waals surface area (Å²) in [6.07, 6.45) is 6.47. The SMILES string of the molecule is Cc1cc(C(=O)NCCC2CCCC2)sc1C#CCN. The van der Waals surface area contributed by atoms with Gasteiger partial charge in [0.25, 0.3) is 5.91 Å². The molecule has 1 aliphatic rings. The van der Waals surface area contributed by atoms with Crippen molar-refractivity contribution in [2.45, 2.75) is 39.0 Å². The van der Waals surface area contributed by atoms with Crippen LogP contribution in [-0.2, 0) is 0 Å². The molecule has 1 aromatic heterocycles. The van der Waals surface area contributed by atoms with Gasteiger partial charge in [-0.05, 0) is 30.9 Å². The van der Waals surface area contributed by atoms with Crippen LogP contribution in [0.3, 0.4) is 0 Å². The molecule has 0 unspecified atom stereocenters. The van der Waals surface area contributed by atoms with E-state index in [1.807, 2.05) is 13.0 Å². The highest BCUT2D eigenvalue weighted by atomic mass is 32.1. The molecule has 108 valence electrons. The second-order valence-electron chi connectivity index (χ2n) is 5.32. The van der Waals surface area contributed by atoms with Crippen LogP contribution in [0.15, 0.2) is 6.07 Å². The van der Waals surface area contributed by atoms with Crippen molar-refractivity contribution in [3.63, 3.8) is 0 Å². The Morgan fingerprint density at radius 3 is 2.95 bits per heavy atom. The van der Waals surface area contributed by atoms with Crippen molar-refractivity contribution in [2.24, 2.45) is 11.7 Å². The first-order valence-corrected chi connectivity index (χ1v) is 8.10. The summed E-state index contributed by atoms with van der Waals surface area (Å²) in [5, 5.41) is 3.02. The predicted octanol–water partition coefficient (Wildman–Crippen LogP) is 2.68. The first-order chi connectivity index (χ1) is 9.70. The average Bonchev–Trinajstić information content (AvgIpc) is 3.06. The van der Waals surface area contributed by atoms with Crippen LogP contribution in [0.1, 0.15) is 52.2 Å². The zero-order valence-corrected chi connectivity index (χ0v) is 12.8. The fourth-order valence-corrected chi connectivity index (χ4v) is 3.59. The molecule has 2 rings (SSSR count). The highest BCUT2D eigenvalue weighted by Crippen LogP contribution is 2.27. The number of nitrogens with one attached hydrogen (secondary N) is 1. The number of aryl methyl sites for hydroxylation is 1. The fourth-order valence-electron chi connectivity index (χ4n) is 2.63. The van der Waals surface area contributed by atoms with Gasteiger partial charge in [0, 0.05) is 6.54 Å². The molecular formula is C16H22N2OS. The van der Waals surface area contributed by atoms with Gasteiger partial charge in [0.05, 0.1) is 16.3 Å². The summed E-state index contributed by atoms with van der Waals surface area (Å²) in [5.74, 6) is 6.68. The molecule has 0 saturated heterocycles. The Hall–Kier alpha value is -1.31. The van der Waals surface area contributed by atoms with E-state index in [1.165, 1.54) is 37.0 Å². The highest BCUT2D eigenvalue weighted by Gasteiger charge is 2.16. The van der Waals surface area contributed by atoms with E-state index in [9.17, 15) is 4.79 Å². The van der Waals surface area contributed by atoms with Gasteiger partial charge in [-0.15, -0.1) is 11.3 Å². The van der Waals surface area contributed by atoms with Crippen molar-refractivity contribution >= 4 is 17.2 Å². The van der Waals surface area contributed by atoms with Crippen molar-refractivity contribution in [3.05, 3.63) is 21.4 Å². The largest absolute Gasteiger partial charge is 0.351 e. The second kappa shape index (κ2) is 7.47. The number of hydrogen-bond donors (Lipinski definition) is 2. The number of hydrogen-bond acceptors (Lipinski definition) is 3. The second-order valence-corrected chi connectivity index (χ2v) is 6.38. The lowest BCUT2D eigenvalue weighted by Crippen LogP contribution is -2.24. The molecule has 0 aromatic carbocycles. The van der Waals surface area contributed by atoms with Crippen LogP contribution < -0.4 is 11.1 Å². The summed E-state index contributed by atoms with van der Waals surface area (Å²) in [4.78, 5) is 13.8. The monoisotopic (exact) mass is 290 g/mol. The molecule has 0 atom stereocenters. The van der Waals surface area contributed by atoms with Crippen LogP contribution in [0.25, 0.3) is 0 Å². The molecule has 3 N–H and O–H groups in total. The summed E-state index contributed by atoms with van der Waals surface area (Å²) < 4.78 is 0. The first-order valence-electron chi connectivity index (χ1n) is 7.28. The maximum Gasteiger partial charge on any atom is 0.261 e. The van der Waals surface area contributed by atoms with Gasteiger partial charge < -0.3 is 11.1 Å². The van der Waals surface area contributed by atoms with Crippen molar-refractivity contribution in [3.8, 4) is 11.8 Å². The van der Waals surface area contributed by atoms with Gasteiger partial charge in [-0.3, -0.25) is 4.79 Å². The molecule has 0 radical (unpaired) electrons. The van der Waals surface area contributed by atoms with Crippen molar-refractivity contribution in [1.29, 1.82) is 0 Å². The van der Waals surface area contributed by atoms with E-state index < -0.39 is 0 Å². The molecule has 0 aliphatic heterocycles. The quantitative estimate of drug-likeness (QED) is 0.838. The standard InChI is InChI=1S/C16H22N2OS/c1-12-11-15(20-14(12)7-4-9-17)16(19)18-10-8-13-5-2-3-6-13/h11,13H,2-3,5-6,8-10,17H2,1H3,(H,18,19). The van der Waals surface area contributed by atoms with Crippen molar-refractivity contribution in [1.82, 2.24) is 5.32 Å². The summed E-state index contributed by atoms with van der Waals surface area (Å²) >= 11 is 1.45. The van der Waals surface area contributed by atoms with Crippen LogP contribution in [0, 0.1) is 24.7 Å². The van der Waals surface area contributed by atoms with Crippen molar-refractivity contribution in [2.75, 3.05) is 13.1 Å². The number of carbonyl (C=O) groups excluding carboxylic acids is 1. The minimum Gasteiger partial charge on any atom is -0.351 e. The fraction of sp³-hybridized carbons (Fsp3) is 0.562. The Balaban J connectivity index is 1.85. The highest BCUT2D eigenvalue weighted by molar-refractivity contribution is 7.14. The molecule has 0 spiro atoms. The zero-order valence-electron chi connectivity index (χ0n) is 12.0. The van der Waals surface area contributed by atoms with E-state index >= 15 is 0 Å². The predicted molar refractivity (Wildman–Crippen MR) is 83.9 cm³/mol.